The summed E-state index contributed by atoms with van der Waals surface area (Å²) >= 11 is 1.13. The Morgan fingerprint density at radius 1 is 1.34 bits per heavy atom. The Morgan fingerprint density at radius 2 is 2.10 bits per heavy atom. The van der Waals surface area contributed by atoms with Gasteiger partial charge in [-0.3, -0.25) is 10.1 Å². The fraction of sp³-hybridized carbons (Fsp3) is 0.316. The van der Waals surface area contributed by atoms with Crippen LogP contribution in [0.1, 0.15) is 53.9 Å². The number of nitrogens with zero attached hydrogens (tertiary/aromatic N) is 2. The first-order valence-corrected chi connectivity index (χ1v) is 9.73. The van der Waals surface area contributed by atoms with Crippen molar-refractivity contribution in [2.24, 2.45) is 0 Å². The van der Waals surface area contributed by atoms with Gasteiger partial charge in [0.25, 0.3) is 5.91 Å². The maximum atomic E-state index is 13.4. The normalized spacial score (nSPS) is 12.9. The van der Waals surface area contributed by atoms with Crippen LogP contribution in [0.25, 0.3) is 10.9 Å². The van der Waals surface area contributed by atoms with Gasteiger partial charge >= 0.3 is 6.18 Å². The van der Waals surface area contributed by atoms with E-state index in [-0.39, 0.29) is 28.2 Å². The van der Waals surface area contributed by atoms with Gasteiger partial charge in [0.05, 0.1) is 22.9 Å². The third kappa shape index (κ3) is 4.33. The van der Waals surface area contributed by atoms with Crippen LogP contribution in [-0.4, -0.2) is 26.1 Å². The van der Waals surface area contributed by atoms with Crippen molar-refractivity contribution in [1.82, 2.24) is 9.97 Å². The molecule has 1 amide bonds. The minimum atomic E-state index is -4.71. The van der Waals surface area contributed by atoms with Gasteiger partial charge in [0, 0.05) is 17.0 Å². The minimum Gasteiger partial charge on any atom is -0.506 e. The van der Waals surface area contributed by atoms with E-state index in [0.717, 1.165) is 29.9 Å². The van der Waals surface area contributed by atoms with E-state index in [1.165, 1.54) is 12.3 Å². The van der Waals surface area contributed by atoms with Gasteiger partial charge in [0.15, 0.2) is 5.13 Å². The Morgan fingerprint density at radius 3 is 2.72 bits per heavy atom. The van der Waals surface area contributed by atoms with Gasteiger partial charge in [-0.15, -0.1) is 11.3 Å². The zero-order valence-electron chi connectivity index (χ0n) is 15.3. The van der Waals surface area contributed by atoms with E-state index in [1.54, 1.807) is 5.38 Å². The number of alkyl halides is 3. The predicted octanol–water partition coefficient (Wildman–Crippen LogP) is 4.89. The molecule has 0 saturated heterocycles. The number of para-hydroxylation sites is 1. The molecule has 3 aromatic rings. The Balaban J connectivity index is 2.22. The molecule has 10 heteroatoms. The molecule has 29 heavy (non-hydrogen) atoms. The van der Waals surface area contributed by atoms with E-state index in [2.05, 4.69) is 15.3 Å². The highest BCUT2D eigenvalue weighted by Crippen LogP contribution is 2.40. The molecule has 0 bridgehead atoms. The average molecular weight is 425 g/mol. The number of unbranched alkanes of at least 4 members (excludes halogenated alkanes) is 1. The summed E-state index contributed by atoms with van der Waals surface area (Å²) in [5.41, 5.74) is -2.24. The van der Waals surface area contributed by atoms with Gasteiger partial charge in [-0.25, -0.2) is 9.97 Å². The van der Waals surface area contributed by atoms with Crippen molar-refractivity contribution in [2.75, 3.05) is 5.32 Å². The largest absolute Gasteiger partial charge is 0.506 e. The zero-order chi connectivity index (χ0) is 21.2. The number of halogens is 3. The highest BCUT2D eigenvalue weighted by molar-refractivity contribution is 7.13. The van der Waals surface area contributed by atoms with Gasteiger partial charge < -0.3 is 10.2 Å². The monoisotopic (exact) mass is 425 g/mol. The van der Waals surface area contributed by atoms with Crippen molar-refractivity contribution in [3.63, 3.8) is 0 Å². The molecule has 3 rings (SSSR count). The zero-order valence-corrected chi connectivity index (χ0v) is 16.1. The van der Waals surface area contributed by atoms with Crippen LogP contribution in [0.4, 0.5) is 18.3 Å². The van der Waals surface area contributed by atoms with Crippen LogP contribution in [0.15, 0.2) is 29.8 Å². The van der Waals surface area contributed by atoms with Crippen molar-refractivity contribution in [3.8, 4) is 5.75 Å². The topological polar surface area (TPSA) is 95.3 Å². The van der Waals surface area contributed by atoms with Crippen LogP contribution in [0.5, 0.6) is 5.75 Å². The molecule has 0 saturated carbocycles. The molecule has 2 heterocycles. The number of carbonyl (C=O) groups is 1. The van der Waals surface area contributed by atoms with Crippen molar-refractivity contribution >= 4 is 33.3 Å². The highest BCUT2D eigenvalue weighted by Gasteiger charge is 2.35. The molecule has 1 atom stereocenters. The summed E-state index contributed by atoms with van der Waals surface area (Å²) < 4.78 is 40.3. The lowest BCUT2D eigenvalue weighted by molar-refractivity contribution is -0.136. The first-order valence-electron chi connectivity index (χ1n) is 8.85. The SMILES string of the molecule is CCCCC(O)c1nc2c(C(F)(F)F)cccc2c(O)c1C(=O)Nc1nccs1. The lowest BCUT2D eigenvalue weighted by Crippen LogP contribution is -2.18. The second kappa shape index (κ2) is 8.34. The van der Waals surface area contributed by atoms with E-state index in [9.17, 15) is 28.2 Å². The summed E-state index contributed by atoms with van der Waals surface area (Å²) in [5, 5.41) is 25.4. The fourth-order valence-electron chi connectivity index (χ4n) is 2.96. The molecular weight excluding hydrogens is 407 g/mol. The average Bonchev–Trinajstić information content (AvgIpc) is 3.17. The van der Waals surface area contributed by atoms with Gasteiger partial charge in [-0.05, 0) is 18.6 Å². The quantitative estimate of drug-likeness (QED) is 0.523. The van der Waals surface area contributed by atoms with Crippen molar-refractivity contribution in [1.29, 1.82) is 0 Å². The van der Waals surface area contributed by atoms with Crippen LogP contribution in [-0.2, 0) is 6.18 Å². The lowest BCUT2D eigenvalue weighted by Gasteiger charge is -2.18. The number of amides is 1. The van der Waals surface area contributed by atoms with Crippen LogP contribution < -0.4 is 5.32 Å². The number of nitrogens with one attached hydrogen (secondary N) is 1. The molecule has 0 aliphatic carbocycles. The van der Waals surface area contributed by atoms with Crippen LogP contribution in [0.3, 0.4) is 0 Å². The van der Waals surface area contributed by atoms with E-state index in [1.807, 2.05) is 6.92 Å². The number of hydrogen-bond donors (Lipinski definition) is 3. The van der Waals surface area contributed by atoms with Gasteiger partial charge in [-0.2, -0.15) is 13.2 Å². The van der Waals surface area contributed by atoms with E-state index >= 15 is 0 Å². The summed E-state index contributed by atoms with van der Waals surface area (Å²) in [7, 11) is 0. The number of aliphatic hydroxyl groups excluding tert-OH is 1. The lowest BCUT2D eigenvalue weighted by atomic mass is 9.98. The molecule has 154 valence electrons. The van der Waals surface area contributed by atoms with Gasteiger partial charge in [-0.1, -0.05) is 25.8 Å². The number of fused-ring (bicyclic) bond motifs is 1. The van der Waals surface area contributed by atoms with Crippen molar-refractivity contribution in [2.45, 2.75) is 38.5 Å². The Hall–Kier alpha value is -2.72. The number of hydrogen-bond acceptors (Lipinski definition) is 6. The fourth-order valence-corrected chi connectivity index (χ4v) is 3.48. The predicted molar refractivity (Wildman–Crippen MR) is 103 cm³/mol. The number of aliphatic hydroxyl groups is 1. The van der Waals surface area contributed by atoms with Crippen molar-refractivity contribution < 1.29 is 28.2 Å². The summed E-state index contributed by atoms with van der Waals surface area (Å²) in [6.45, 7) is 1.88. The number of benzene rings is 1. The molecule has 2 aromatic heterocycles. The number of carbonyl (C=O) groups excluding carboxylic acids is 1. The first kappa shape index (κ1) is 21.0. The Kier molecular flexibility index (Phi) is 6.04. The molecule has 6 nitrogen and oxygen atoms in total. The summed E-state index contributed by atoms with van der Waals surface area (Å²) in [6, 6.07) is 3.21. The molecule has 3 N–H and O–H groups in total. The number of anilines is 1. The van der Waals surface area contributed by atoms with E-state index < -0.39 is 35.0 Å². The molecule has 0 radical (unpaired) electrons. The highest BCUT2D eigenvalue weighted by atomic mass is 32.1. The number of thiazole rings is 1. The summed E-state index contributed by atoms with van der Waals surface area (Å²) in [4.78, 5) is 20.7. The summed E-state index contributed by atoms with van der Waals surface area (Å²) in [6.07, 6.45) is -3.09. The second-order valence-corrected chi connectivity index (χ2v) is 7.26. The van der Waals surface area contributed by atoms with E-state index in [4.69, 9.17) is 0 Å². The van der Waals surface area contributed by atoms with Crippen LogP contribution in [0, 0.1) is 0 Å². The Bertz CT molecular complexity index is 1020. The molecule has 1 unspecified atom stereocenters. The van der Waals surface area contributed by atoms with Crippen molar-refractivity contribution in [3.05, 3.63) is 46.6 Å². The number of aromatic nitrogens is 2. The first-order chi connectivity index (χ1) is 13.7. The molecule has 0 aliphatic rings. The molecule has 0 fully saturated rings. The van der Waals surface area contributed by atoms with Gasteiger partial charge in [0.2, 0.25) is 0 Å². The summed E-state index contributed by atoms with van der Waals surface area (Å²) in [5.74, 6) is -1.48. The maximum Gasteiger partial charge on any atom is 0.418 e. The van der Waals surface area contributed by atoms with Crippen LogP contribution in [0.2, 0.25) is 0 Å². The maximum absolute atomic E-state index is 13.4. The molecular formula is C19H18F3N3O3S. The third-order valence-electron chi connectivity index (χ3n) is 4.35. The van der Waals surface area contributed by atoms with E-state index in [0.29, 0.717) is 6.42 Å². The van der Waals surface area contributed by atoms with Gasteiger partial charge in [0.1, 0.15) is 11.3 Å². The number of rotatable bonds is 6. The Labute approximate surface area is 168 Å². The molecule has 0 aliphatic heterocycles. The number of aromatic hydroxyl groups is 1. The number of pyridine rings is 1. The molecule has 1 aromatic carbocycles. The smallest absolute Gasteiger partial charge is 0.418 e. The standard InChI is InChI=1S/C19H18F3N3O3S/c1-2-3-7-12(26)15-13(17(28)25-18-23-8-9-29-18)16(27)10-5-4-6-11(14(10)24-15)19(20,21)22/h4-6,8-9,12,26H,2-3,7H2,1H3,(H,24,27)(H,23,25,28). The third-order valence-corrected chi connectivity index (χ3v) is 5.04. The molecule has 0 spiro atoms. The second-order valence-electron chi connectivity index (χ2n) is 6.37. The van der Waals surface area contributed by atoms with Crippen LogP contribution >= 0.6 is 11.3 Å². The minimum absolute atomic E-state index is 0.181.